The number of halogens is 1. The summed E-state index contributed by atoms with van der Waals surface area (Å²) in [7, 11) is 0. The minimum absolute atomic E-state index is 0.332. The molecule has 2 aromatic rings. The molecule has 2 rings (SSSR count). The van der Waals surface area contributed by atoms with Crippen LogP contribution in [-0.4, -0.2) is 6.26 Å². The molecule has 0 aliphatic heterocycles. The molecule has 0 saturated heterocycles. The molecule has 0 spiro atoms. The van der Waals surface area contributed by atoms with Gasteiger partial charge < -0.3 is 5.32 Å². The highest BCUT2D eigenvalue weighted by Crippen LogP contribution is 2.23. The van der Waals surface area contributed by atoms with E-state index >= 15 is 0 Å². The maximum Gasteiger partial charge on any atom is 0.0297 e. The van der Waals surface area contributed by atoms with E-state index in [1.54, 1.807) is 11.8 Å². The first kappa shape index (κ1) is 15.6. The first-order valence-corrected chi connectivity index (χ1v) is 8.77. The molecule has 0 aliphatic rings. The Morgan fingerprint density at radius 3 is 1.75 bits per heavy atom. The van der Waals surface area contributed by atoms with E-state index < -0.39 is 0 Å². The van der Waals surface area contributed by atoms with E-state index in [1.165, 1.54) is 16.0 Å². The predicted molar refractivity (Wildman–Crippen MR) is 92.3 cm³/mol. The number of benzene rings is 2. The van der Waals surface area contributed by atoms with Crippen LogP contribution in [0.25, 0.3) is 0 Å². The lowest BCUT2D eigenvalue weighted by Gasteiger charge is -2.21. The topological polar surface area (TPSA) is 12.0 Å². The van der Waals surface area contributed by atoms with Crippen LogP contribution in [0.3, 0.4) is 0 Å². The fourth-order valence-corrected chi connectivity index (χ4v) is 2.88. The summed E-state index contributed by atoms with van der Waals surface area (Å²) in [6, 6.07) is 17.9. The normalized spacial score (nSPS) is 14.0. The van der Waals surface area contributed by atoms with Gasteiger partial charge in [0.05, 0.1) is 0 Å². The third kappa shape index (κ3) is 4.11. The highest BCUT2D eigenvalue weighted by molar-refractivity contribution is 9.10. The van der Waals surface area contributed by atoms with Crippen molar-refractivity contribution in [3.63, 3.8) is 0 Å². The van der Waals surface area contributed by atoms with E-state index in [4.69, 9.17) is 0 Å². The maximum atomic E-state index is 3.65. The quantitative estimate of drug-likeness (QED) is 0.706. The van der Waals surface area contributed by atoms with Gasteiger partial charge in [-0.3, -0.25) is 0 Å². The molecular weight excluding hydrogens is 330 g/mol. The Balaban J connectivity index is 2.02. The lowest BCUT2D eigenvalue weighted by atomic mass is 10.0. The van der Waals surface area contributed by atoms with Crippen LogP contribution in [0.15, 0.2) is 57.9 Å². The third-order valence-electron chi connectivity index (χ3n) is 3.49. The van der Waals surface area contributed by atoms with Gasteiger partial charge in [0, 0.05) is 21.5 Å². The van der Waals surface area contributed by atoms with Gasteiger partial charge >= 0.3 is 0 Å². The number of nitrogens with one attached hydrogen (secondary N) is 1. The second-order valence-electron chi connectivity index (χ2n) is 4.93. The molecule has 2 unspecified atom stereocenters. The Hall–Kier alpha value is -0.770. The van der Waals surface area contributed by atoms with E-state index in [0.29, 0.717) is 12.1 Å². The van der Waals surface area contributed by atoms with Crippen molar-refractivity contribution >= 4 is 27.7 Å². The molecule has 0 heterocycles. The van der Waals surface area contributed by atoms with Crippen LogP contribution in [-0.2, 0) is 0 Å². The molecule has 1 N–H and O–H groups in total. The maximum absolute atomic E-state index is 3.65. The molecule has 0 saturated carbocycles. The summed E-state index contributed by atoms with van der Waals surface area (Å²) in [5, 5.41) is 3.65. The van der Waals surface area contributed by atoms with Crippen molar-refractivity contribution < 1.29 is 0 Å². The minimum Gasteiger partial charge on any atom is -0.304 e. The summed E-state index contributed by atoms with van der Waals surface area (Å²) < 4.78 is 1.12. The Morgan fingerprint density at radius 2 is 1.30 bits per heavy atom. The molecule has 0 fully saturated rings. The van der Waals surface area contributed by atoms with Crippen molar-refractivity contribution in [2.45, 2.75) is 30.8 Å². The van der Waals surface area contributed by atoms with E-state index in [1.807, 2.05) is 0 Å². The largest absolute Gasteiger partial charge is 0.304 e. The molecule has 0 amide bonds. The van der Waals surface area contributed by atoms with Gasteiger partial charge in [0.1, 0.15) is 0 Å². The van der Waals surface area contributed by atoms with Crippen molar-refractivity contribution in [3.8, 4) is 0 Å². The summed E-state index contributed by atoms with van der Waals surface area (Å²) in [6.07, 6.45) is 2.10. The number of hydrogen-bond acceptors (Lipinski definition) is 2. The molecule has 2 atom stereocenters. The Morgan fingerprint density at radius 1 is 0.850 bits per heavy atom. The number of rotatable bonds is 5. The van der Waals surface area contributed by atoms with E-state index in [2.05, 4.69) is 89.9 Å². The first-order valence-electron chi connectivity index (χ1n) is 6.75. The summed E-state index contributed by atoms with van der Waals surface area (Å²) in [5.41, 5.74) is 2.63. The standard InChI is InChI=1S/C17H20BrNS/c1-12(14-4-8-16(18)9-5-14)19-13(2)15-6-10-17(20-3)11-7-15/h4-13,19H,1-3H3. The van der Waals surface area contributed by atoms with Crippen molar-refractivity contribution in [2.24, 2.45) is 0 Å². The van der Waals surface area contributed by atoms with Gasteiger partial charge in [-0.25, -0.2) is 0 Å². The van der Waals surface area contributed by atoms with Crippen LogP contribution in [0.4, 0.5) is 0 Å². The second kappa shape index (κ2) is 7.30. The SMILES string of the molecule is CSc1ccc(C(C)NC(C)c2ccc(Br)cc2)cc1. The summed E-state index contributed by atoms with van der Waals surface area (Å²) in [4.78, 5) is 1.31. The summed E-state index contributed by atoms with van der Waals surface area (Å²) in [5.74, 6) is 0. The molecule has 2 aromatic carbocycles. The zero-order valence-electron chi connectivity index (χ0n) is 12.1. The third-order valence-corrected chi connectivity index (χ3v) is 4.76. The summed E-state index contributed by atoms with van der Waals surface area (Å²) in [6.45, 7) is 4.42. The van der Waals surface area contributed by atoms with Crippen molar-refractivity contribution in [2.75, 3.05) is 6.26 Å². The molecule has 0 radical (unpaired) electrons. The van der Waals surface area contributed by atoms with Crippen molar-refractivity contribution in [1.82, 2.24) is 5.32 Å². The summed E-state index contributed by atoms with van der Waals surface area (Å²) >= 11 is 5.25. The van der Waals surface area contributed by atoms with Crippen molar-refractivity contribution in [3.05, 3.63) is 64.1 Å². The van der Waals surface area contributed by atoms with Gasteiger partial charge in [-0.2, -0.15) is 0 Å². The van der Waals surface area contributed by atoms with Crippen LogP contribution in [0.1, 0.15) is 37.1 Å². The van der Waals surface area contributed by atoms with Gasteiger partial charge in [-0.05, 0) is 55.5 Å². The fourth-order valence-electron chi connectivity index (χ4n) is 2.21. The van der Waals surface area contributed by atoms with Crippen LogP contribution in [0.2, 0.25) is 0 Å². The zero-order chi connectivity index (χ0) is 14.5. The van der Waals surface area contributed by atoms with Crippen molar-refractivity contribution in [1.29, 1.82) is 0 Å². The van der Waals surface area contributed by atoms with Crippen LogP contribution < -0.4 is 5.32 Å². The Bertz CT molecular complexity index is 536. The zero-order valence-corrected chi connectivity index (χ0v) is 14.5. The number of hydrogen-bond donors (Lipinski definition) is 1. The lowest BCUT2D eigenvalue weighted by Crippen LogP contribution is -2.22. The fraction of sp³-hybridized carbons (Fsp3) is 0.294. The predicted octanol–water partition coefficient (Wildman–Crippen LogP) is 5.58. The van der Waals surface area contributed by atoms with Crippen LogP contribution in [0, 0.1) is 0 Å². The smallest absolute Gasteiger partial charge is 0.0297 e. The average molecular weight is 350 g/mol. The minimum atomic E-state index is 0.332. The molecule has 1 nitrogen and oxygen atoms in total. The first-order chi connectivity index (χ1) is 9.60. The van der Waals surface area contributed by atoms with Gasteiger partial charge in [0.15, 0.2) is 0 Å². The molecular formula is C17H20BrNS. The Labute approximate surface area is 134 Å². The molecule has 20 heavy (non-hydrogen) atoms. The van der Waals surface area contributed by atoms with Gasteiger partial charge in [-0.1, -0.05) is 40.2 Å². The monoisotopic (exact) mass is 349 g/mol. The Kier molecular flexibility index (Phi) is 5.70. The lowest BCUT2D eigenvalue weighted by molar-refractivity contribution is 0.494. The molecule has 106 valence electrons. The van der Waals surface area contributed by atoms with Crippen LogP contribution in [0.5, 0.6) is 0 Å². The molecule has 3 heteroatoms. The highest BCUT2D eigenvalue weighted by Gasteiger charge is 2.11. The van der Waals surface area contributed by atoms with E-state index in [-0.39, 0.29) is 0 Å². The van der Waals surface area contributed by atoms with Gasteiger partial charge in [-0.15, -0.1) is 11.8 Å². The second-order valence-corrected chi connectivity index (χ2v) is 6.73. The van der Waals surface area contributed by atoms with E-state index in [0.717, 1.165) is 4.47 Å². The van der Waals surface area contributed by atoms with E-state index in [9.17, 15) is 0 Å². The molecule has 0 aromatic heterocycles. The van der Waals surface area contributed by atoms with Gasteiger partial charge in [0.2, 0.25) is 0 Å². The van der Waals surface area contributed by atoms with Crippen LogP contribution >= 0.6 is 27.7 Å². The van der Waals surface area contributed by atoms with Gasteiger partial charge in [0.25, 0.3) is 0 Å². The molecule has 0 bridgehead atoms. The highest BCUT2D eigenvalue weighted by atomic mass is 79.9. The number of thioether (sulfide) groups is 1. The molecule has 0 aliphatic carbocycles. The average Bonchev–Trinajstić information content (AvgIpc) is 2.48.